The number of thiol groups is 1. The Morgan fingerprint density at radius 1 is 1.00 bits per heavy atom. The van der Waals surface area contributed by atoms with Crippen LogP contribution in [0.4, 0.5) is 0 Å². The molecule has 2 N–H and O–H groups in total. The quantitative estimate of drug-likeness (QED) is 0.266. The van der Waals surface area contributed by atoms with Gasteiger partial charge in [0.05, 0.1) is 0 Å². The van der Waals surface area contributed by atoms with Crippen LogP contribution in [0, 0.1) is 0 Å². The topological polar surface area (TPSA) is 40.5 Å². The molecule has 0 aromatic carbocycles. The van der Waals surface area contributed by atoms with Crippen molar-refractivity contribution >= 4 is 29.7 Å². The number of hydrogen-bond donors (Lipinski definition) is 3. The summed E-state index contributed by atoms with van der Waals surface area (Å²) in [4.78, 5) is 15.7. The van der Waals surface area contributed by atoms with E-state index in [0.717, 1.165) is 0 Å². The summed E-state index contributed by atoms with van der Waals surface area (Å²) in [7, 11) is 0. The third kappa shape index (κ3) is 36.1. The van der Waals surface area contributed by atoms with Gasteiger partial charge in [-0.1, -0.05) is 12.2 Å². The van der Waals surface area contributed by atoms with Crippen molar-refractivity contribution in [2.45, 2.75) is 62.4 Å². The predicted molar refractivity (Wildman–Crippen MR) is 76.4 cm³/mol. The third-order valence-corrected chi connectivity index (χ3v) is 6.40. The summed E-state index contributed by atoms with van der Waals surface area (Å²) in [6, 6.07) is 0. The Labute approximate surface area is 119 Å². The fraction of sp³-hybridized carbons (Fsp3) is 1.00. The Morgan fingerprint density at radius 3 is 1.56 bits per heavy atom. The molecule has 0 fully saturated rings. The molecule has 0 aliphatic heterocycles. The molecule has 0 saturated heterocycles. The van der Waals surface area contributed by atoms with E-state index < -0.39 is 5.69 Å². The molecular weight excluding hydrogens is 313 g/mol. The van der Waals surface area contributed by atoms with Crippen LogP contribution in [0.15, 0.2) is 0 Å². The average molecular weight is 338 g/mol. The summed E-state index contributed by atoms with van der Waals surface area (Å²) in [6.07, 6.45) is 8.86. The van der Waals surface area contributed by atoms with Gasteiger partial charge in [-0.3, -0.25) is 0 Å². The predicted octanol–water partition coefficient (Wildman–Crippen LogP) is 4.41. The van der Waals surface area contributed by atoms with Crippen molar-refractivity contribution in [3.63, 3.8) is 0 Å². The molecule has 0 rings (SSSR count). The maximum absolute atomic E-state index is 7.87. The zero-order chi connectivity index (χ0) is 12.9. The van der Waals surface area contributed by atoms with Gasteiger partial charge in [-0.05, 0) is 11.8 Å². The van der Waals surface area contributed by atoms with Crippen molar-refractivity contribution < 1.29 is 26.9 Å². The minimum Gasteiger partial charge on any atom is -0.338 e. The molecule has 0 unspecified atom stereocenters. The Bertz CT molecular complexity index is 160. The molecule has 6 heteroatoms. The average Bonchev–Trinajstić information content (AvgIpc) is 2.14. The van der Waals surface area contributed by atoms with Gasteiger partial charge in [-0.2, -0.15) is 0 Å². The Hall–Kier alpha value is 1.54. The van der Waals surface area contributed by atoms with E-state index in [1.54, 1.807) is 22.9 Å². The maximum Gasteiger partial charge on any atom is 0.239 e. The first-order valence-electron chi connectivity index (χ1n) is 6.20. The normalized spacial score (nSPS) is 10.3. The van der Waals surface area contributed by atoms with E-state index in [0.29, 0.717) is 0 Å². The molecule has 0 aliphatic carbocycles. The zero-order valence-electron chi connectivity index (χ0n) is 10.6. The molecule has 0 radical (unpaired) electrons. The Balaban J connectivity index is 0. The van der Waals surface area contributed by atoms with Crippen LogP contribution in [0.25, 0.3) is 0 Å². The minimum absolute atomic E-state index is 0.0149. The standard InChI is InChI=1S/2C5H11.H3O2PS2.Zn/c2*1-3-5-4-2;1-3(2,4)5;/h2*1,3-5H2,2H3;(H3,1,2,4,5);. The molecule has 0 spiro atoms. The Morgan fingerprint density at radius 2 is 1.31 bits per heavy atom. The molecule has 0 aromatic heterocycles. The molecule has 0 heterocycles. The van der Waals surface area contributed by atoms with E-state index in [-0.39, 0.29) is 17.1 Å². The van der Waals surface area contributed by atoms with Gasteiger partial charge in [0.1, 0.15) is 0 Å². The van der Waals surface area contributed by atoms with Crippen molar-refractivity contribution in [2.75, 3.05) is 0 Å². The molecule has 0 amide bonds. The first kappa shape index (κ1) is 19.9. The number of hydrogen-bond acceptors (Lipinski definition) is 1. The number of rotatable bonds is 8. The molecular formula is C10H25O2PS2Zn. The monoisotopic (exact) mass is 336 g/mol. The summed E-state index contributed by atoms with van der Waals surface area (Å²) in [5.74, 6) is 0. The van der Waals surface area contributed by atoms with Crippen LogP contribution in [-0.2, 0) is 28.9 Å². The summed E-state index contributed by atoms with van der Waals surface area (Å²) in [5.41, 5.74) is -3.11. The van der Waals surface area contributed by atoms with Crippen molar-refractivity contribution in [3.05, 3.63) is 0 Å². The smallest absolute Gasteiger partial charge is 0.239 e. The SMILES string of the molecule is CCCC[CH2][Zn][CH2]CCCC.OP(O)(=S)S. The van der Waals surface area contributed by atoms with Gasteiger partial charge in [0.15, 0.2) is 0 Å². The molecule has 0 atom stereocenters. The van der Waals surface area contributed by atoms with Gasteiger partial charge >= 0.3 is 79.5 Å². The van der Waals surface area contributed by atoms with Gasteiger partial charge in [0.25, 0.3) is 0 Å². The van der Waals surface area contributed by atoms with Crippen LogP contribution in [0.5, 0.6) is 0 Å². The summed E-state index contributed by atoms with van der Waals surface area (Å²) < 4.78 is 0. The second kappa shape index (κ2) is 14.6. The summed E-state index contributed by atoms with van der Waals surface area (Å²) >= 11 is 7.06. The van der Waals surface area contributed by atoms with Crippen molar-refractivity contribution in [1.29, 1.82) is 0 Å². The second-order valence-electron chi connectivity index (χ2n) is 3.99. The fourth-order valence-corrected chi connectivity index (χ4v) is 5.09. The van der Waals surface area contributed by atoms with Crippen LogP contribution in [0.2, 0.25) is 10.0 Å². The number of unbranched alkanes of at least 4 members (excludes halogenated alkanes) is 4. The molecule has 0 bridgehead atoms. The van der Waals surface area contributed by atoms with Crippen LogP contribution < -0.4 is 0 Å². The van der Waals surface area contributed by atoms with Gasteiger partial charge in [-0.25, -0.2) is 0 Å². The maximum atomic E-state index is 7.87. The first-order valence-corrected chi connectivity index (χ1v) is 14.3. The van der Waals surface area contributed by atoms with Crippen LogP contribution in [0.1, 0.15) is 52.4 Å². The molecule has 0 saturated carbocycles. The van der Waals surface area contributed by atoms with E-state index >= 15 is 0 Å². The van der Waals surface area contributed by atoms with Gasteiger partial charge in [0, 0.05) is 0 Å². The summed E-state index contributed by atoms with van der Waals surface area (Å²) in [5, 5.41) is 3.31. The molecule has 2 nitrogen and oxygen atoms in total. The van der Waals surface area contributed by atoms with Crippen molar-refractivity contribution in [1.82, 2.24) is 0 Å². The second-order valence-corrected chi connectivity index (χ2v) is 13.5. The van der Waals surface area contributed by atoms with Crippen LogP contribution in [-0.4, -0.2) is 9.79 Å². The first-order chi connectivity index (χ1) is 7.41. The van der Waals surface area contributed by atoms with Crippen molar-refractivity contribution in [3.8, 4) is 0 Å². The van der Waals surface area contributed by atoms with Crippen molar-refractivity contribution in [2.24, 2.45) is 0 Å². The molecule has 0 aromatic rings. The molecule has 16 heavy (non-hydrogen) atoms. The van der Waals surface area contributed by atoms with E-state index in [2.05, 4.69) is 37.9 Å². The summed E-state index contributed by atoms with van der Waals surface area (Å²) in [6.45, 7) is 4.59. The van der Waals surface area contributed by atoms with Gasteiger partial charge < -0.3 is 9.79 Å². The fourth-order valence-electron chi connectivity index (χ4n) is 1.38. The van der Waals surface area contributed by atoms with E-state index in [4.69, 9.17) is 9.79 Å². The van der Waals surface area contributed by atoms with Gasteiger partial charge in [-0.15, -0.1) is 0 Å². The largest absolute Gasteiger partial charge is 0.338 e. The third-order valence-electron chi connectivity index (χ3n) is 2.21. The minimum atomic E-state index is -3.11. The van der Waals surface area contributed by atoms with E-state index in [9.17, 15) is 0 Å². The van der Waals surface area contributed by atoms with E-state index in [1.807, 2.05) is 0 Å². The molecule has 0 aliphatic rings. The zero-order valence-corrected chi connectivity index (χ0v) is 16.1. The Kier molecular flexibility index (Phi) is 18.1. The van der Waals surface area contributed by atoms with Crippen LogP contribution >= 0.6 is 17.9 Å². The van der Waals surface area contributed by atoms with Gasteiger partial charge in [0.2, 0.25) is 5.69 Å². The molecule has 96 valence electrons. The van der Waals surface area contributed by atoms with Crippen LogP contribution in [0.3, 0.4) is 0 Å². The van der Waals surface area contributed by atoms with E-state index in [1.165, 1.54) is 25.7 Å².